The summed E-state index contributed by atoms with van der Waals surface area (Å²) in [5, 5.41) is 9.38. The number of hydrogen-bond donors (Lipinski definition) is 1. The molecule has 422 valence electrons. The first-order valence-corrected chi connectivity index (χ1v) is 28.9. The Kier molecular flexibility index (Phi) is 49.9. The molecular formula is C58H107NO13. The van der Waals surface area contributed by atoms with Gasteiger partial charge in [-0.15, -0.1) is 0 Å². The Bertz CT molecular complexity index is 1320. The molecule has 14 heteroatoms. The Morgan fingerprint density at radius 3 is 1.21 bits per heavy atom. The van der Waals surface area contributed by atoms with E-state index in [-0.39, 0.29) is 74.4 Å². The summed E-state index contributed by atoms with van der Waals surface area (Å²) in [6, 6.07) is -0.416. The van der Waals surface area contributed by atoms with E-state index >= 15 is 0 Å². The summed E-state index contributed by atoms with van der Waals surface area (Å²) in [5.74, 6) is -2.41. The number of Topliss-reactive ketones (excluding diaryl/α,β-unsaturated/α-hetero) is 1. The molecule has 0 spiro atoms. The SMILES string of the molecule is CCCCCCCCOC.CCCCCCCCOC(=O)CC(CC(=O)OCCCCCCCC)CC(=O)OCC1CC(CC)N1C(=O)O.CCCCCCCCOC(=O)CC(CC=O)CC(=O)C(C)CC. The summed E-state index contributed by atoms with van der Waals surface area (Å²) in [7, 11) is 1.77. The lowest BCUT2D eigenvalue weighted by Gasteiger charge is -2.46. The highest BCUT2D eigenvalue weighted by Crippen LogP contribution is 2.29. The van der Waals surface area contributed by atoms with Gasteiger partial charge in [-0.05, 0) is 56.8 Å². The Morgan fingerprint density at radius 2 is 0.861 bits per heavy atom. The molecule has 4 unspecified atom stereocenters. The van der Waals surface area contributed by atoms with Gasteiger partial charge in [0, 0.05) is 64.2 Å². The molecule has 1 N–H and O–H groups in total. The number of likely N-dealkylation sites (tertiary alicyclic amines) is 1. The zero-order valence-electron chi connectivity index (χ0n) is 47.1. The van der Waals surface area contributed by atoms with Crippen LogP contribution in [0.2, 0.25) is 0 Å². The third-order valence-electron chi connectivity index (χ3n) is 13.3. The number of carboxylic acid groups (broad SMARTS) is 1. The van der Waals surface area contributed by atoms with Gasteiger partial charge in [-0.1, -0.05) is 177 Å². The number of methoxy groups -OCH3 is 1. The maximum absolute atomic E-state index is 12.6. The van der Waals surface area contributed by atoms with Crippen molar-refractivity contribution in [1.82, 2.24) is 4.90 Å². The van der Waals surface area contributed by atoms with E-state index < -0.39 is 29.9 Å². The fraction of sp³-hybridized carbons (Fsp3) is 0.879. The van der Waals surface area contributed by atoms with Gasteiger partial charge in [0.2, 0.25) is 0 Å². The predicted octanol–water partition coefficient (Wildman–Crippen LogP) is 14.1. The maximum atomic E-state index is 12.6. The second kappa shape index (κ2) is 51.0. The van der Waals surface area contributed by atoms with Crippen molar-refractivity contribution in [2.75, 3.05) is 40.1 Å². The van der Waals surface area contributed by atoms with Crippen LogP contribution in [-0.2, 0) is 52.5 Å². The van der Waals surface area contributed by atoms with E-state index in [1.165, 1.54) is 108 Å². The van der Waals surface area contributed by atoms with E-state index in [4.69, 9.17) is 23.7 Å². The molecule has 1 amide bonds. The molecule has 0 aliphatic carbocycles. The van der Waals surface area contributed by atoms with Crippen LogP contribution >= 0.6 is 0 Å². The molecule has 1 aliphatic rings. The fourth-order valence-corrected chi connectivity index (χ4v) is 8.43. The van der Waals surface area contributed by atoms with Gasteiger partial charge in [0.1, 0.15) is 18.7 Å². The number of ether oxygens (including phenoxy) is 5. The highest BCUT2D eigenvalue weighted by atomic mass is 16.5. The third kappa shape index (κ3) is 41.9. The molecule has 0 aromatic heterocycles. The van der Waals surface area contributed by atoms with Crippen molar-refractivity contribution < 1.29 is 62.4 Å². The maximum Gasteiger partial charge on any atom is 0.407 e. The summed E-state index contributed by atoms with van der Waals surface area (Å²) >= 11 is 0. The molecule has 0 bridgehead atoms. The van der Waals surface area contributed by atoms with E-state index in [1.54, 1.807) is 7.11 Å². The zero-order valence-corrected chi connectivity index (χ0v) is 47.1. The van der Waals surface area contributed by atoms with E-state index in [0.29, 0.717) is 39.1 Å². The van der Waals surface area contributed by atoms with Crippen LogP contribution in [-0.4, -0.2) is 104 Å². The molecule has 1 saturated heterocycles. The molecule has 0 radical (unpaired) electrons. The van der Waals surface area contributed by atoms with Gasteiger partial charge in [-0.25, -0.2) is 4.79 Å². The average Bonchev–Trinajstić information content (AvgIpc) is 3.33. The predicted molar refractivity (Wildman–Crippen MR) is 287 cm³/mol. The number of amides is 1. The monoisotopic (exact) mass is 1030 g/mol. The number of hydrogen-bond acceptors (Lipinski definition) is 12. The van der Waals surface area contributed by atoms with Crippen molar-refractivity contribution in [3.8, 4) is 0 Å². The average molecular weight is 1030 g/mol. The van der Waals surface area contributed by atoms with Crippen LogP contribution in [0.15, 0.2) is 0 Å². The van der Waals surface area contributed by atoms with Crippen molar-refractivity contribution >= 4 is 42.0 Å². The number of rotatable bonds is 45. The Morgan fingerprint density at radius 1 is 0.500 bits per heavy atom. The van der Waals surface area contributed by atoms with Crippen molar-refractivity contribution in [3.05, 3.63) is 0 Å². The Balaban J connectivity index is 0. The van der Waals surface area contributed by atoms with Gasteiger partial charge in [0.05, 0.1) is 25.9 Å². The lowest BCUT2D eigenvalue weighted by Crippen LogP contribution is -2.59. The summed E-state index contributed by atoms with van der Waals surface area (Å²) in [6.45, 7) is 16.5. The van der Waals surface area contributed by atoms with Crippen LogP contribution in [0.25, 0.3) is 0 Å². The molecule has 0 aromatic rings. The highest BCUT2D eigenvalue weighted by molar-refractivity contribution is 5.82. The smallest absolute Gasteiger partial charge is 0.407 e. The van der Waals surface area contributed by atoms with Crippen molar-refractivity contribution in [2.45, 2.75) is 272 Å². The molecule has 1 fully saturated rings. The molecular weight excluding hydrogens is 919 g/mol. The zero-order chi connectivity index (χ0) is 54.0. The second-order valence-electron chi connectivity index (χ2n) is 20.0. The lowest BCUT2D eigenvalue weighted by molar-refractivity contribution is -0.152. The second-order valence-corrected chi connectivity index (χ2v) is 20.0. The molecule has 4 atom stereocenters. The Labute approximate surface area is 438 Å². The summed E-state index contributed by atoms with van der Waals surface area (Å²) < 4.78 is 26.3. The minimum atomic E-state index is -1.02. The fourth-order valence-electron chi connectivity index (χ4n) is 8.43. The third-order valence-corrected chi connectivity index (χ3v) is 13.3. The number of carbonyl (C=O) groups excluding carboxylic acids is 6. The van der Waals surface area contributed by atoms with E-state index in [9.17, 15) is 38.7 Å². The van der Waals surface area contributed by atoms with Gasteiger partial charge < -0.3 is 33.6 Å². The number of esters is 4. The standard InChI is InChI=1S/C30H53NO8.C19H34O4.C9H20O/c1-4-7-9-11-13-15-17-37-27(32)19-24(20-28(33)38-18-16-14-12-10-8-5-2)21-29(34)39-23-26-22-25(6-3)31(26)30(35)36;1-4-6-7-8-9-10-13-23-19(22)15-17(11-12-20)14-18(21)16(3)5-2;1-3-4-5-6-7-8-9-10-2/h24-26H,4-23H2,1-3H3,(H,35,36);12,16-17H,4-11,13-15H2,1-3H3;3-9H2,1-2H3. The normalized spacial score (nSPS) is 14.7. The molecule has 14 nitrogen and oxygen atoms in total. The molecule has 1 heterocycles. The van der Waals surface area contributed by atoms with Crippen LogP contribution < -0.4 is 0 Å². The van der Waals surface area contributed by atoms with Crippen molar-refractivity contribution in [1.29, 1.82) is 0 Å². The first kappa shape index (κ1) is 70.5. The number of nitrogens with zero attached hydrogens (tertiary/aromatic N) is 1. The number of aldehydes is 1. The summed E-state index contributed by atoms with van der Waals surface area (Å²) in [5.41, 5.74) is 0. The topological polar surface area (TPSA) is 189 Å². The molecule has 1 rings (SSSR count). The highest BCUT2D eigenvalue weighted by Gasteiger charge is 2.41. The van der Waals surface area contributed by atoms with Crippen LogP contribution in [0.5, 0.6) is 0 Å². The molecule has 72 heavy (non-hydrogen) atoms. The first-order chi connectivity index (χ1) is 34.8. The minimum Gasteiger partial charge on any atom is -0.466 e. The summed E-state index contributed by atoms with van der Waals surface area (Å²) in [4.78, 5) is 84.8. The lowest BCUT2D eigenvalue weighted by atomic mass is 9.90. The number of unbranched alkanes of at least 4 members (excludes halogenated alkanes) is 20. The van der Waals surface area contributed by atoms with Crippen molar-refractivity contribution in [2.24, 2.45) is 17.8 Å². The van der Waals surface area contributed by atoms with Gasteiger partial charge in [-0.3, -0.25) is 28.9 Å². The van der Waals surface area contributed by atoms with Gasteiger partial charge in [0.15, 0.2) is 0 Å². The first-order valence-electron chi connectivity index (χ1n) is 28.9. The van der Waals surface area contributed by atoms with Crippen LogP contribution in [0.4, 0.5) is 4.79 Å². The quantitative estimate of drug-likeness (QED) is 0.0263. The Hall–Kier alpha value is -3.55. The number of carbonyl (C=O) groups is 7. The van der Waals surface area contributed by atoms with Crippen LogP contribution in [0, 0.1) is 17.8 Å². The van der Waals surface area contributed by atoms with Crippen molar-refractivity contribution in [3.63, 3.8) is 0 Å². The van der Waals surface area contributed by atoms with E-state index in [2.05, 4.69) is 27.7 Å². The van der Waals surface area contributed by atoms with Gasteiger partial charge >= 0.3 is 30.0 Å². The van der Waals surface area contributed by atoms with Crippen LogP contribution in [0.3, 0.4) is 0 Å². The van der Waals surface area contributed by atoms with Gasteiger partial charge in [0.25, 0.3) is 0 Å². The molecule has 0 aromatic carbocycles. The molecule has 1 aliphatic heterocycles. The number of ketones is 1. The molecule has 0 saturated carbocycles. The van der Waals surface area contributed by atoms with Gasteiger partial charge in [-0.2, -0.15) is 0 Å². The summed E-state index contributed by atoms with van der Waals surface area (Å²) in [6.07, 6.45) is 30.3. The minimum absolute atomic E-state index is 0.0108. The van der Waals surface area contributed by atoms with E-state index in [1.807, 2.05) is 20.8 Å². The van der Waals surface area contributed by atoms with Crippen LogP contribution in [0.1, 0.15) is 260 Å². The largest absolute Gasteiger partial charge is 0.466 e. The van der Waals surface area contributed by atoms with E-state index in [0.717, 1.165) is 70.7 Å².